The maximum Gasteiger partial charge on any atom is 0.165 e. The van der Waals surface area contributed by atoms with Gasteiger partial charge in [-0.2, -0.15) is 5.26 Å². The van der Waals surface area contributed by atoms with Crippen molar-refractivity contribution in [2.24, 2.45) is 0 Å². The van der Waals surface area contributed by atoms with Crippen LogP contribution in [0.15, 0.2) is 36.5 Å². The summed E-state index contributed by atoms with van der Waals surface area (Å²) in [5.41, 5.74) is 1.76. The van der Waals surface area contributed by atoms with Gasteiger partial charge in [-0.15, -0.1) is 11.6 Å². The van der Waals surface area contributed by atoms with Crippen molar-refractivity contribution in [3.05, 3.63) is 59.2 Å². The number of hydrogen-bond donors (Lipinski definition) is 0. The van der Waals surface area contributed by atoms with Crippen LogP contribution in [0.5, 0.6) is 5.75 Å². The predicted octanol–water partition coefficient (Wildman–Crippen LogP) is 3.41. The number of ether oxygens (including phenoxy) is 1. The van der Waals surface area contributed by atoms with E-state index in [1.165, 1.54) is 12.3 Å². The van der Waals surface area contributed by atoms with Crippen molar-refractivity contribution in [3.63, 3.8) is 0 Å². The summed E-state index contributed by atoms with van der Waals surface area (Å²) in [6, 6.07) is 9.84. The monoisotopic (exact) mass is 276 g/mol. The van der Waals surface area contributed by atoms with E-state index in [1.807, 2.05) is 6.07 Å². The molecule has 3 nitrogen and oxygen atoms in total. The molecule has 5 heteroatoms. The first-order valence-corrected chi connectivity index (χ1v) is 6.08. The Morgan fingerprint density at radius 2 is 2.11 bits per heavy atom. The fourth-order valence-electron chi connectivity index (χ4n) is 1.53. The Hall–Kier alpha value is -2.12. The van der Waals surface area contributed by atoms with E-state index in [0.717, 1.165) is 5.56 Å². The Morgan fingerprint density at radius 1 is 1.26 bits per heavy atom. The highest BCUT2D eigenvalue weighted by Gasteiger charge is 2.05. The minimum absolute atomic E-state index is 0.157. The molecule has 0 radical (unpaired) electrons. The third kappa shape index (κ3) is 3.43. The number of pyridine rings is 1. The molecule has 1 heterocycles. The highest BCUT2D eigenvalue weighted by molar-refractivity contribution is 6.17. The summed E-state index contributed by atoms with van der Waals surface area (Å²) in [5.74, 6) is -0.0375. The normalized spacial score (nSPS) is 9.95. The van der Waals surface area contributed by atoms with Gasteiger partial charge in [0, 0.05) is 12.1 Å². The van der Waals surface area contributed by atoms with Crippen LogP contribution in [-0.2, 0) is 12.5 Å². The van der Waals surface area contributed by atoms with Gasteiger partial charge in [-0.25, -0.2) is 9.37 Å². The SMILES string of the molecule is N#Cc1cc(COc2ccc(CCl)cc2F)ccn1. The van der Waals surface area contributed by atoms with Crippen LogP contribution >= 0.6 is 11.6 Å². The average Bonchev–Trinajstić information content (AvgIpc) is 2.46. The Labute approximate surface area is 115 Å². The molecular weight excluding hydrogens is 267 g/mol. The lowest BCUT2D eigenvalue weighted by molar-refractivity contribution is 0.290. The quantitative estimate of drug-likeness (QED) is 0.804. The Balaban J connectivity index is 2.08. The summed E-state index contributed by atoms with van der Waals surface area (Å²) in [4.78, 5) is 3.85. The van der Waals surface area contributed by atoms with Gasteiger partial charge in [0.1, 0.15) is 18.4 Å². The van der Waals surface area contributed by atoms with E-state index < -0.39 is 5.82 Å². The predicted molar refractivity (Wildman–Crippen MR) is 69.2 cm³/mol. The van der Waals surface area contributed by atoms with Gasteiger partial charge in [0.05, 0.1) is 0 Å². The molecule has 0 atom stereocenters. The molecule has 2 rings (SSSR count). The molecule has 96 valence electrons. The van der Waals surface area contributed by atoms with Crippen LogP contribution in [0.2, 0.25) is 0 Å². The first-order chi connectivity index (χ1) is 9.22. The van der Waals surface area contributed by atoms with Crippen LogP contribution in [0.25, 0.3) is 0 Å². The van der Waals surface area contributed by atoms with E-state index in [0.29, 0.717) is 11.3 Å². The van der Waals surface area contributed by atoms with Gasteiger partial charge in [0.25, 0.3) is 0 Å². The van der Waals surface area contributed by atoms with Crippen LogP contribution in [0, 0.1) is 17.1 Å². The van der Waals surface area contributed by atoms with Crippen molar-refractivity contribution in [3.8, 4) is 11.8 Å². The van der Waals surface area contributed by atoms with Crippen LogP contribution in [-0.4, -0.2) is 4.98 Å². The zero-order valence-electron chi connectivity index (χ0n) is 9.94. The Bertz CT molecular complexity index is 625. The third-order valence-corrected chi connectivity index (χ3v) is 2.79. The molecular formula is C14H10ClFN2O. The molecule has 0 unspecified atom stereocenters. The summed E-state index contributed by atoms with van der Waals surface area (Å²) in [5, 5.41) is 8.72. The maximum absolute atomic E-state index is 13.6. The molecule has 0 aliphatic carbocycles. The molecule has 0 N–H and O–H groups in total. The zero-order valence-corrected chi connectivity index (χ0v) is 10.7. The van der Waals surface area contributed by atoms with Crippen molar-refractivity contribution in [1.29, 1.82) is 5.26 Å². The molecule has 0 fully saturated rings. The fraction of sp³-hybridized carbons (Fsp3) is 0.143. The summed E-state index contributed by atoms with van der Waals surface area (Å²) >= 11 is 5.61. The molecule has 1 aromatic carbocycles. The molecule has 0 amide bonds. The second-order valence-electron chi connectivity index (χ2n) is 3.85. The van der Waals surface area contributed by atoms with Crippen LogP contribution < -0.4 is 4.74 Å². The lowest BCUT2D eigenvalue weighted by Crippen LogP contribution is -1.99. The van der Waals surface area contributed by atoms with Gasteiger partial charge >= 0.3 is 0 Å². The number of benzene rings is 1. The van der Waals surface area contributed by atoms with Gasteiger partial charge < -0.3 is 4.74 Å². The van der Waals surface area contributed by atoms with Gasteiger partial charge in [-0.3, -0.25) is 0 Å². The number of aromatic nitrogens is 1. The van der Waals surface area contributed by atoms with Crippen molar-refractivity contribution < 1.29 is 9.13 Å². The van der Waals surface area contributed by atoms with E-state index >= 15 is 0 Å². The minimum Gasteiger partial charge on any atom is -0.486 e. The van der Waals surface area contributed by atoms with E-state index in [1.54, 1.807) is 24.3 Å². The van der Waals surface area contributed by atoms with Crippen molar-refractivity contribution in [2.75, 3.05) is 0 Å². The lowest BCUT2D eigenvalue weighted by Gasteiger charge is -2.08. The number of halogens is 2. The molecule has 2 aromatic rings. The second kappa shape index (κ2) is 6.17. The number of rotatable bonds is 4. The van der Waals surface area contributed by atoms with E-state index in [2.05, 4.69) is 4.98 Å². The molecule has 0 saturated heterocycles. The average molecular weight is 277 g/mol. The van der Waals surface area contributed by atoms with Crippen molar-refractivity contribution in [1.82, 2.24) is 4.98 Å². The topological polar surface area (TPSA) is 45.9 Å². The number of hydrogen-bond acceptors (Lipinski definition) is 3. The number of nitriles is 1. The minimum atomic E-state index is -0.451. The van der Waals surface area contributed by atoms with Gasteiger partial charge in [0.2, 0.25) is 0 Å². The molecule has 0 spiro atoms. The van der Waals surface area contributed by atoms with Crippen LogP contribution in [0.4, 0.5) is 4.39 Å². The van der Waals surface area contributed by atoms with E-state index in [4.69, 9.17) is 21.6 Å². The summed E-state index contributed by atoms with van der Waals surface area (Å²) in [6.45, 7) is 0.175. The van der Waals surface area contributed by atoms with Crippen molar-refractivity contribution >= 4 is 11.6 Å². The van der Waals surface area contributed by atoms with Crippen LogP contribution in [0.3, 0.4) is 0 Å². The second-order valence-corrected chi connectivity index (χ2v) is 4.12. The zero-order chi connectivity index (χ0) is 13.7. The largest absolute Gasteiger partial charge is 0.486 e. The molecule has 0 aliphatic heterocycles. The highest BCUT2D eigenvalue weighted by Crippen LogP contribution is 2.20. The fourth-order valence-corrected chi connectivity index (χ4v) is 1.70. The summed E-state index contributed by atoms with van der Waals surface area (Å²) in [6.07, 6.45) is 1.52. The molecule has 0 bridgehead atoms. The van der Waals surface area contributed by atoms with Gasteiger partial charge in [-0.05, 0) is 35.4 Å². The van der Waals surface area contributed by atoms with Crippen LogP contribution in [0.1, 0.15) is 16.8 Å². The molecule has 19 heavy (non-hydrogen) atoms. The molecule has 0 saturated carbocycles. The molecule has 0 aliphatic rings. The first-order valence-electron chi connectivity index (χ1n) is 5.55. The smallest absolute Gasteiger partial charge is 0.165 e. The number of nitrogens with zero attached hydrogens (tertiary/aromatic N) is 2. The maximum atomic E-state index is 13.6. The highest BCUT2D eigenvalue weighted by atomic mass is 35.5. The van der Waals surface area contributed by atoms with Crippen molar-refractivity contribution in [2.45, 2.75) is 12.5 Å². The lowest BCUT2D eigenvalue weighted by atomic mass is 10.2. The van der Waals surface area contributed by atoms with E-state index in [-0.39, 0.29) is 18.2 Å². The van der Waals surface area contributed by atoms with Gasteiger partial charge in [0.15, 0.2) is 11.6 Å². The third-order valence-electron chi connectivity index (χ3n) is 2.48. The van der Waals surface area contributed by atoms with Gasteiger partial charge in [-0.1, -0.05) is 6.07 Å². The molecule has 1 aromatic heterocycles. The summed E-state index contributed by atoms with van der Waals surface area (Å²) < 4.78 is 19.0. The Morgan fingerprint density at radius 3 is 2.79 bits per heavy atom. The first kappa shape index (κ1) is 13.3. The Kier molecular flexibility index (Phi) is 4.32. The summed E-state index contributed by atoms with van der Waals surface area (Å²) in [7, 11) is 0. The standard InChI is InChI=1S/C14H10ClFN2O/c15-7-10-1-2-14(13(16)6-10)19-9-11-3-4-18-12(5-11)8-17/h1-6H,7,9H2. The number of alkyl halides is 1. The van der Waals surface area contributed by atoms with E-state index in [9.17, 15) is 4.39 Å².